The minimum absolute atomic E-state index is 0.0798. The van der Waals surface area contributed by atoms with Crippen LogP contribution in [0.25, 0.3) is 0 Å². The van der Waals surface area contributed by atoms with Crippen LogP contribution in [0.5, 0.6) is 0 Å². The van der Waals surface area contributed by atoms with E-state index in [-0.39, 0.29) is 12.0 Å². The number of nitrogens with zero attached hydrogens (tertiary/aromatic N) is 1. The van der Waals surface area contributed by atoms with E-state index in [2.05, 4.69) is 13.8 Å². The first kappa shape index (κ1) is 15.9. The maximum atomic E-state index is 12.4. The number of hydrogen-bond acceptors (Lipinski definition) is 3. The molecule has 0 aromatic heterocycles. The second-order valence-electron chi connectivity index (χ2n) is 5.58. The summed E-state index contributed by atoms with van der Waals surface area (Å²) >= 11 is 0. The van der Waals surface area contributed by atoms with Gasteiger partial charge >= 0.3 is 0 Å². The van der Waals surface area contributed by atoms with Gasteiger partial charge in [-0.05, 0) is 31.6 Å². The summed E-state index contributed by atoms with van der Waals surface area (Å²) in [6.45, 7) is 7.38. The molecule has 0 aliphatic carbocycles. The van der Waals surface area contributed by atoms with E-state index in [9.17, 15) is 8.42 Å². The SMILES string of the molecule is CCC(CC)CS(=O)(=O)N1CCCC(C(C)N)C1. The summed E-state index contributed by atoms with van der Waals surface area (Å²) in [5, 5.41) is 0. The van der Waals surface area contributed by atoms with Crippen LogP contribution in [-0.2, 0) is 10.0 Å². The predicted molar refractivity (Wildman–Crippen MR) is 75.8 cm³/mol. The van der Waals surface area contributed by atoms with Gasteiger partial charge < -0.3 is 5.73 Å². The van der Waals surface area contributed by atoms with Crippen molar-refractivity contribution in [3.05, 3.63) is 0 Å². The Hall–Kier alpha value is -0.130. The molecule has 1 saturated heterocycles. The largest absolute Gasteiger partial charge is 0.328 e. The fourth-order valence-corrected chi connectivity index (χ4v) is 4.69. The predicted octanol–water partition coefficient (Wildman–Crippen LogP) is 1.81. The van der Waals surface area contributed by atoms with Gasteiger partial charge in [0.25, 0.3) is 0 Å². The fourth-order valence-electron chi connectivity index (χ4n) is 2.58. The van der Waals surface area contributed by atoms with Crippen LogP contribution in [0.15, 0.2) is 0 Å². The monoisotopic (exact) mass is 276 g/mol. The third-order valence-corrected chi connectivity index (χ3v) is 6.17. The number of sulfonamides is 1. The summed E-state index contributed by atoms with van der Waals surface area (Å²) in [6.07, 6.45) is 3.85. The van der Waals surface area contributed by atoms with E-state index in [1.807, 2.05) is 6.92 Å². The van der Waals surface area contributed by atoms with E-state index in [1.165, 1.54) is 0 Å². The Morgan fingerprint density at radius 1 is 1.33 bits per heavy atom. The van der Waals surface area contributed by atoms with Gasteiger partial charge in [-0.25, -0.2) is 12.7 Å². The zero-order chi connectivity index (χ0) is 13.8. The fraction of sp³-hybridized carbons (Fsp3) is 1.00. The molecule has 0 radical (unpaired) electrons. The third kappa shape index (κ3) is 4.21. The number of nitrogens with two attached hydrogens (primary N) is 1. The molecule has 0 spiro atoms. The minimum atomic E-state index is -3.10. The van der Waals surface area contributed by atoms with Gasteiger partial charge in [0.1, 0.15) is 0 Å². The lowest BCUT2D eigenvalue weighted by atomic mass is 9.93. The van der Waals surface area contributed by atoms with Gasteiger partial charge in [0.15, 0.2) is 0 Å². The van der Waals surface area contributed by atoms with Gasteiger partial charge in [-0.2, -0.15) is 0 Å². The van der Waals surface area contributed by atoms with Gasteiger partial charge in [-0.1, -0.05) is 26.7 Å². The van der Waals surface area contributed by atoms with Crippen LogP contribution < -0.4 is 5.73 Å². The Morgan fingerprint density at radius 2 is 1.94 bits per heavy atom. The quantitative estimate of drug-likeness (QED) is 0.805. The van der Waals surface area contributed by atoms with Crippen molar-refractivity contribution in [1.29, 1.82) is 0 Å². The average molecular weight is 276 g/mol. The van der Waals surface area contributed by atoms with E-state index in [1.54, 1.807) is 4.31 Å². The molecule has 5 heteroatoms. The van der Waals surface area contributed by atoms with Crippen LogP contribution in [0.1, 0.15) is 46.5 Å². The van der Waals surface area contributed by atoms with Crippen LogP contribution in [0.4, 0.5) is 0 Å². The summed E-state index contributed by atoms with van der Waals surface area (Å²) < 4.78 is 26.4. The molecule has 1 aliphatic heterocycles. The molecule has 0 aromatic rings. The molecule has 2 N–H and O–H groups in total. The summed E-state index contributed by atoms with van der Waals surface area (Å²) in [6, 6.07) is 0.0798. The summed E-state index contributed by atoms with van der Waals surface area (Å²) in [4.78, 5) is 0. The van der Waals surface area contributed by atoms with Crippen LogP contribution in [0, 0.1) is 11.8 Å². The highest BCUT2D eigenvalue weighted by molar-refractivity contribution is 7.89. The van der Waals surface area contributed by atoms with E-state index in [4.69, 9.17) is 5.73 Å². The highest BCUT2D eigenvalue weighted by Gasteiger charge is 2.31. The second-order valence-corrected chi connectivity index (χ2v) is 7.59. The average Bonchev–Trinajstić information content (AvgIpc) is 2.36. The maximum absolute atomic E-state index is 12.4. The summed E-state index contributed by atoms with van der Waals surface area (Å²) in [5.74, 6) is 0.895. The first-order chi connectivity index (χ1) is 8.40. The molecule has 2 atom stereocenters. The first-order valence-corrected chi connectivity index (χ1v) is 8.75. The Labute approximate surface area is 112 Å². The molecule has 1 rings (SSSR count). The number of piperidine rings is 1. The third-order valence-electron chi connectivity index (χ3n) is 4.16. The van der Waals surface area contributed by atoms with Crippen molar-refractivity contribution in [3.63, 3.8) is 0 Å². The summed E-state index contributed by atoms with van der Waals surface area (Å²) in [5.41, 5.74) is 5.90. The topological polar surface area (TPSA) is 63.4 Å². The zero-order valence-corrected chi connectivity index (χ0v) is 12.7. The molecule has 108 valence electrons. The zero-order valence-electron chi connectivity index (χ0n) is 11.9. The second kappa shape index (κ2) is 6.87. The Morgan fingerprint density at radius 3 is 2.44 bits per heavy atom. The molecule has 1 heterocycles. The Balaban J connectivity index is 2.67. The van der Waals surface area contributed by atoms with Crippen molar-refractivity contribution in [2.75, 3.05) is 18.8 Å². The standard InChI is InChI=1S/C13H28N2O2S/c1-4-12(5-2)10-18(16,17)15-8-6-7-13(9-15)11(3)14/h11-13H,4-10,14H2,1-3H3. The molecule has 1 aliphatic rings. The number of hydrogen-bond donors (Lipinski definition) is 1. The Bertz CT molecular complexity index is 337. The van der Waals surface area contributed by atoms with Crippen LogP contribution in [-0.4, -0.2) is 37.6 Å². The highest BCUT2D eigenvalue weighted by Crippen LogP contribution is 2.23. The normalized spacial score (nSPS) is 24.4. The molecule has 18 heavy (non-hydrogen) atoms. The summed E-state index contributed by atoms with van der Waals surface area (Å²) in [7, 11) is -3.10. The maximum Gasteiger partial charge on any atom is 0.214 e. The van der Waals surface area contributed by atoms with Crippen molar-refractivity contribution in [3.8, 4) is 0 Å². The molecular formula is C13H28N2O2S. The van der Waals surface area contributed by atoms with Crippen molar-refractivity contribution >= 4 is 10.0 Å². The van der Waals surface area contributed by atoms with Crippen LogP contribution in [0.3, 0.4) is 0 Å². The van der Waals surface area contributed by atoms with E-state index < -0.39 is 10.0 Å². The highest BCUT2D eigenvalue weighted by atomic mass is 32.2. The van der Waals surface area contributed by atoms with Crippen molar-refractivity contribution < 1.29 is 8.42 Å². The van der Waals surface area contributed by atoms with E-state index in [0.29, 0.717) is 24.8 Å². The van der Waals surface area contributed by atoms with Gasteiger partial charge in [-0.15, -0.1) is 0 Å². The van der Waals surface area contributed by atoms with Crippen molar-refractivity contribution in [2.24, 2.45) is 17.6 Å². The van der Waals surface area contributed by atoms with Crippen LogP contribution in [0.2, 0.25) is 0 Å². The van der Waals surface area contributed by atoms with Gasteiger partial charge in [-0.3, -0.25) is 0 Å². The molecule has 0 bridgehead atoms. The molecule has 2 unspecified atom stereocenters. The van der Waals surface area contributed by atoms with Gasteiger partial charge in [0, 0.05) is 19.1 Å². The Kier molecular flexibility index (Phi) is 6.08. The lowest BCUT2D eigenvalue weighted by Gasteiger charge is -2.34. The lowest BCUT2D eigenvalue weighted by molar-refractivity contribution is 0.242. The molecular weight excluding hydrogens is 248 g/mol. The van der Waals surface area contributed by atoms with Crippen molar-refractivity contribution in [2.45, 2.75) is 52.5 Å². The van der Waals surface area contributed by atoms with Gasteiger partial charge in [0.05, 0.1) is 5.75 Å². The van der Waals surface area contributed by atoms with Crippen LogP contribution >= 0.6 is 0 Å². The number of rotatable bonds is 6. The smallest absolute Gasteiger partial charge is 0.214 e. The van der Waals surface area contributed by atoms with E-state index in [0.717, 1.165) is 25.7 Å². The van der Waals surface area contributed by atoms with Gasteiger partial charge in [0.2, 0.25) is 10.0 Å². The molecule has 0 aromatic carbocycles. The van der Waals surface area contributed by atoms with E-state index >= 15 is 0 Å². The van der Waals surface area contributed by atoms with Crippen molar-refractivity contribution in [1.82, 2.24) is 4.31 Å². The molecule has 0 amide bonds. The molecule has 1 fully saturated rings. The molecule has 0 saturated carbocycles. The first-order valence-electron chi connectivity index (χ1n) is 7.14. The minimum Gasteiger partial charge on any atom is -0.328 e. The molecule has 4 nitrogen and oxygen atoms in total. The lowest BCUT2D eigenvalue weighted by Crippen LogP contribution is -2.46.